The second-order valence-corrected chi connectivity index (χ2v) is 4.36. The van der Waals surface area contributed by atoms with Gasteiger partial charge in [-0.25, -0.2) is 4.79 Å². The largest absolute Gasteiger partial charge is 0.507 e. The molecule has 0 bridgehead atoms. The Morgan fingerprint density at radius 3 is 2.38 bits per heavy atom. The first-order valence-electron chi connectivity index (χ1n) is 6.42. The minimum atomic E-state index is -0.733. The second-order valence-electron chi connectivity index (χ2n) is 4.36. The Balaban J connectivity index is 1.79. The molecule has 0 heterocycles. The van der Waals surface area contributed by atoms with Crippen LogP contribution < -0.4 is 5.32 Å². The molecular formula is C16H15NO4. The molecule has 21 heavy (non-hydrogen) atoms. The first-order chi connectivity index (χ1) is 10.2. The van der Waals surface area contributed by atoms with Gasteiger partial charge >= 0.3 is 5.97 Å². The molecular weight excluding hydrogens is 270 g/mol. The number of phenolic OH excluding ortho intramolecular Hbond substituents is 1. The SMILES string of the molecule is O=C(COC(=O)c1ccccc1O)NCc1ccccc1. The van der Waals surface area contributed by atoms with Gasteiger partial charge in [-0.3, -0.25) is 4.79 Å². The Kier molecular flexibility index (Phi) is 4.93. The lowest BCUT2D eigenvalue weighted by Gasteiger charge is -2.07. The summed E-state index contributed by atoms with van der Waals surface area (Å²) in [7, 11) is 0. The lowest BCUT2D eigenvalue weighted by Crippen LogP contribution is -2.28. The molecule has 1 amide bonds. The van der Waals surface area contributed by atoms with Gasteiger partial charge in [0.25, 0.3) is 5.91 Å². The molecule has 5 heteroatoms. The van der Waals surface area contributed by atoms with E-state index in [1.54, 1.807) is 12.1 Å². The van der Waals surface area contributed by atoms with E-state index in [0.717, 1.165) is 5.56 Å². The minimum absolute atomic E-state index is 0.0355. The lowest BCUT2D eigenvalue weighted by molar-refractivity contribution is -0.124. The van der Waals surface area contributed by atoms with E-state index in [2.05, 4.69) is 5.32 Å². The van der Waals surface area contributed by atoms with Crippen molar-refractivity contribution in [1.29, 1.82) is 0 Å². The number of para-hydroxylation sites is 1. The summed E-state index contributed by atoms with van der Waals surface area (Å²) in [6.07, 6.45) is 0. The molecule has 2 aromatic rings. The van der Waals surface area contributed by atoms with E-state index in [4.69, 9.17) is 4.74 Å². The third-order valence-corrected chi connectivity index (χ3v) is 2.79. The molecule has 0 aromatic heterocycles. The number of rotatable bonds is 5. The van der Waals surface area contributed by atoms with Crippen LogP contribution in [0.4, 0.5) is 0 Å². The van der Waals surface area contributed by atoms with Crippen molar-refractivity contribution in [2.45, 2.75) is 6.54 Å². The van der Waals surface area contributed by atoms with Gasteiger partial charge in [-0.15, -0.1) is 0 Å². The Hall–Kier alpha value is -2.82. The summed E-state index contributed by atoms with van der Waals surface area (Å²) in [6, 6.07) is 15.4. The van der Waals surface area contributed by atoms with Crippen molar-refractivity contribution in [3.63, 3.8) is 0 Å². The van der Waals surface area contributed by atoms with Gasteiger partial charge in [0.1, 0.15) is 11.3 Å². The van der Waals surface area contributed by atoms with Gasteiger partial charge in [-0.2, -0.15) is 0 Å². The van der Waals surface area contributed by atoms with E-state index in [1.807, 2.05) is 30.3 Å². The third kappa shape index (κ3) is 4.35. The topological polar surface area (TPSA) is 75.6 Å². The van der Waals surface area contributed by atoms with Crippen LogP contribution in [0.1, 0.15) is 15.9 Å². The fraction of sp³-hybridized carbons (Fsp3) is 0.125. The van der Waals surface area contributed by atoms with Gasteiger partial charge in [-0.05, 0) is 17.7 Å². The van der Waals surface area contributed by atoms with Crippen molar-refractivity contribution in [2.24, 2.45) is 0 Å². The minimum Gasteiger partial charge on any atom is -0.507 e. The molecule has 0 saturated heterocycles. The molecule has 108 valence electrons. The van der Waals surface area contributed by atoms with Gasteiger partial charge in [0.2, 0.25) is 0 Å². The van der Waals surface area contributed by atoms with Crippen LogP contribution in [0.3, 0.4) is 0 Å². The highest BCUT2D eigenvalue weighted by atomic mass is 16.5. The number of hydrogen-bond acceptors (Lipinski definition) is 4. The van der Waals surface area contributed by atoms with Gasteiger partial charge in [-0.1, -0.05) is 42.5 Å². The number of ether oxygens (including phenoxy) is 1. The van der Waals surface area contributed by atoms with Crippen LogP contribution >= 0.6 is 0 Å². The molecule has 0 aliphatic rings. The van der Waals surface area contributed by atoms with Crippen molar-refractivity contribution < 1.29 is 19.4 Å². The van der Waals surface area contributed by atoms with Crippen LogP contribution in [0.2, 0.25) is 0 Å². The maximum absolute atomic E-state index is 11.7. The second kappa shape index (κ2) is 7.09. The summed E-state index contributed by atoms with van der Waals surface area (Å²) >= 11 is 0. The lowest BCUT2D eigenvalue weighted by atomic mass is 10.2. The first-order valence-corrected chi connectivity index (χ1v) is 6.42. The summed E-state index contributed by atoms with van der Waals surface area (Å²) in [5.41, 5.74) is 0.992. The molecule has 0 aliphatic carbocycles. The van der Waals surface area contributed by atoms with Crippen LogP contribution in [-0.2, 0) is 16.1 Å². The summed E-state index contributed by atoms with van der Waals surface area (Å²) in [4.78, 5) is 23.3. The van der Waals surface area contributed by atoms with Crippen LogP contribution in [-0.4, -0.2) is 23.6 Å². The van der Waals surface area contributed by atoms with Crippen molar-refractivity contribution in [1.82, 2.24) is 5.32 Å². The van der Waals surface area contributed by atoms with Crippen molar-refractivity contribution in [3.8, 4) is 5.75 Å². The van der Waals surface area contributed by atoms with Crippen molar-refractivity contribution in [3.05, 3.63) is 65.7 Å². The number of phenols is 1. The van der Waals surface area contributed by atoms with E-state index in [9.17, 15) is 14.7 Å². The van der Waals surface area contributed by atoms with Crippen LogP contribution in [0.25, 0.3) is 0 Å². The smallest absolute Gasteiger partial charge is 0.342 e. The molecule has 0 fully saturated rings. The van der Waals surface area contributed by atoms with Crippen LogP contribution in [0, 0.1) is 0 Å². The van der Waals surface area contributed by atoms with Crippen LogP contribution in [0.15, 0.2) is 54.6 Å². The predicted molar refractivity (Wildman–Crippen MR) is 76.7 cm³/mol. The highest BCUT2D eigenvalue weighted by Crippen LogP contribution is 2.16. The Morgan fingerprint density at radius 2 is 1.67 bits per heavy atom. The number of nitrogens with one attached hydrogen (secondary N) is 1. The molecule has 0 atom stereocenters. The number of esters is 1. The molecule has 0 spiro atoms. The normalized spacial score (nSPS) is 9.90. The van der Waals surface area contributed by atoms with Gasteiger partial charge in [0, 0.05) is 6.54 Å². The van der Waals surface area contributed by atoms with E-state index >= 15 is 0 Å². The fourth-order valence-corrected chi connectivity index (χ4v) is 1.70. The molecule has 2 N–H and O–H groups in total. The Bertz CT molecular complexity index is 625. The molecule has 2 aromatic carbocycles. The summed E-state index contributed by atoms with van der Waals surface area (Å²) in [6.45, 7) is -0.0200. The van der Waals surface area contributed by atoms with Crippen LogP contribution in [0.5, 0.6) is 5.75 Å². The van der Waals surface area contributed by atoms with E-state index in [-0.39, 0.29) is 17.9 Å². The zero-order valence-corrected chi connectivity index (χ0v) is 11.3. The van der Waals surface area contributed by atoms with Crippen molar-refractivity contribution in [2.75, 3.05) is 6.61 Å². The van der Waals surface area contributed by atoms with Gasteiger partial charge in [0.05, 0.1) is 0 Å². The highest BCUT2D eigenvalue weighted by Gasteiger charge is 2.13. The number of carbonyl (C=O) groups is 2. The van der Waals surface area contributed by atoms with Crippen molar-refractivity contribution >= 4 is 11.9 Å². The molecule has 5 nitrogen and oxygen atoms in total. The zero-order valence-electron chi connectivity index (χ0n) is 11.3. The van der Waals surface area contributed by atoms with E-state index < -0.39 is 11.9 Å². The standard InChI is InChI=1S/C16H15NO4/c18-14-9-5-4-8-13(14)16(20)21-11-15(19)17-10-12-6-2-1-3-7-12/h1-9,18H,10-11H2,(H,17,19). The maximum Gasteiger partial charge on any atom is 0.342 e. The summed E-state index contributed by atoms with van der Waals surface area (Å²) < 4.78 is 4.85. The van der Waals surface area contributed by atoms with Gasteiger partial charge in [0.15, 0.2) is 6.61 Å². The highest BCUT2D eigenvalue weighted by molar-refractivity contribution is 5.93. The average molecular weight is 285 g/mol. The molecule has 0 unspecified atom stereocenters. The van der Waals surface area contributed by atoms with Gasteiger partial charge < -0.3 is 15.2 Å². The molecule has 0 radical (unpaired) electrons. The quantitative estimate of drug-likeness (QED) is 0.822. The monoisotopic (exact) mass is 285 g/mol. The molecule has 0 aliphatic heterocycles. The average Bonchev–Trinajstić information content (AvgIpc) is 2.52. The number of benzene rings is 2. The fourth-order valence-electron chi connectivity index (χ4n) is 1.70. The zero-order chi connectivity index (χ0) is 15.1. The predicted octanol–water partition coefficient (Wildman–Crippen LogP) is 1.87. The van der Waals surface area contributed by atoms with E-state index in [0.29, 0.717) is 6.54 Å². The molecule has 2 rings (SSSR count). The Labute approximate surface area is 122 Å². The van der Waals surface area contributed by atoms with E-state index in [1.165, 1.54) is 12.1 Å². The summed E-state index contributed by atoms with van der Waals surface area (Å²) in [5, 5.41) is 12.1. The third-order valence-electron chi connectivity index (χ3n) is 2.79. The molecule has 0 saturated carbocycles. The first kappa shape index (κ1) is 14.6. The summed E-state index contributed by atoms with van der Waals surface area (Å²) in [5.74, 6) is -1.31. The number of aromatic hydroxyl groups is 1. The maximum atomic E-state index is 11.7. The number of carbonyl (C=O) groups excluding carboxylic acids is 2. The Morgan fingerprint density at radius 1 is 1.00 bits per heavy atom. The number of amides is 1. The number of hydrogen-bond donors (Lipinski definition) is 2.